The van der Waals surface area contributed by atoms with Gasteiger partial charge in [0.05, 0.1) is 5.52 Å². The number of para-hydroxylation sites is 1. The summed E-state index contributed by atoms with van der Waals surface area (Å²) in [5, 5.41) is 15.4. The van der Waals surface area contributed by atoms with Crippen LogP contribution >= 0.6 is 0 Å². The summed E-state index contributed by atoms with van der Waals surface area (Å²) < 4.78 is 7.81. The van der Waals surface area contributed by atoms with Crippen molar-refractivity contribution in [1.82, 2.24) is 9.78 Å². The molecule has 0 amide bonds. The van der Waals surface area contributed by atoms with Gasteiger partial charge in [0.2, 0.25) is 0 Å². The molecule has 3 rings (SSSR count). The van der Waals surface area contributed by atoms with E-state index in [0.717, 1.165) is 28.7 Å². The minimum absolute atomic E-state index is 0.247. The van der Waals surface area contributed by atoms with Gasteiger partial charge < -0.3 is 9.84 Å². The van der Waals surface area contributed by atoms with Gasteiger partial charge in [-0.15, -0.1) is 0 Å². The third-order valence-corrected chi connectivity index (χ3v) is 3.65. The minimum atomic E-state index is 0.247. The number of phenols is 1. The van der Waals surface area contributed by atoms with E-state index in [1.807, 2.05) is 29.8 Å². The van der Waals surface area contributed by atoms with Gasteiger partial charge in [0.25, 0.3) is 0 Å². The second-order valence-electron chi connectivity index (χ2n) is 4.97. The van der Waals surface area contributed by atoms with E-state index >= 15 is 0 Å². The summed E-state index contributed by atoms with van der Waals surface area (Å²) in [5.41, 5.74) is 2.78. The molecular formula is C17H18N2O2. The second kappa shape index (κ2) is 5.48. The molecule has 1 aromatic heterocycles. The summed E-state index contributed by atoms with van der Waals surface area (Å²) in [5.74, 6) is 0.932. The molecule has 4 nitrogen and oxygen atoms in total. The van der Waals surface area contributed by atoms with Gasteiger partial charge in [-0.25, -0.2) is 0 Å². The van der Waals surface area contributed by atoms with Crippen molar-refractivity contribution in [2.45, 2.75) is 27.0 Å². The van der Waals surface area contributed by atoms with Crippen molar-refractivity contribution in [3.8, 4) is 11.5 Å². The third-order valence-electron chi connectivity index (χ3n) is 3.65. The van der Waals surface area contributed by atoms with E-state index in [2.05, 4.69) is 24.2 Å². The molecule has 0 saturated carbocycles. The van der Waals surface area contributed by atoms with Crippen LogP contribution < -0.4 is 4.74 Å². The Morgan fingerprint density at radius 1 is 1.14 bits per heavy atom. The van der Waals surface area contributed by atoms with Crippen LogP contribution in [0.15, 0.2) is 42.5 Å². The Hall–Kier alpha value is -2.49. The Labute approximate surface area is 123 Å². The molecule has 0 fully saturated rings. The summed E-state index contributed by atoms with van der Waals surface area (Å²) in [6.07, 6.45) is 0. The highest BCUT2D eigenvalue weighted by molar-refractivity contribution is 5.81. The number of rotatable bonds is 4. The lowest BCUT2D eigenvalue weighted by molar-refractivity contribution is 0.297. The zero-order valence-corrected chi connectivity index (χ0v) is 12.2. The summed E-state index contributed by atoms with van der Waals surface area (Å²) >= 11 is 0. The van der Waals surface area contributed by atoms with Crippen molar-refractivity contribution in [1.29, 1.82) is 0 Å². The van der Waals surface area contributed by atoms with Crippen molar-refractivity contribution in [3.05, 3.63) is 53.7 Å². The number of nitrogens with zero attached hydrogens (tertiary/aromatic N) is 2. The van der Waals surface area contributed by atoms with E-state index in [4.69, 9.17) is 4.74 Å². The number of benzene rings is 2. The lowest BCUT2D eigenvalue weighted by Gasteiger charge is -2.08. The Bertz CT molecular complexity index is 778. The molecule has 0 radical (unpaired) electrons. The van der Waals surface area contributed by atoms with Crippen molar-refractivity contribution in [2.24, 2.45) is 0 Å². The molecule has 4 heteroatoms. The van der Waals surface area contributed by atoms with E-state index in [-0.39, 0.29) is 5.75 Å². The van der Waals surface area contributed by atoms with Crippen LogP contribution in [0.25, 0.3) is 10.9 Å². The third kappa shape index (κ3) is 2.44. The number of aromatic hydroxyl groups is 1. The molecule has 21 heavy (non-hydrogen) atoms. The first-order valence-corrected chi connectivity index (χ1v) is 7.06. The van der Waals surface area contributed by atoms with Crippen molar-refractivity contribution in [2.75, 3.05) is 0 Å². The fraction of sp³-hybridized carbons (Fsp3) is 0.235. The highest BCUT2D eigenvalue weighted by Crippen LogP contribution is 2.27. The van der Waals surface area contributed by atoms with Gasteiger partial charge in [-0.05, 0) is 32.0 Å². The smallest absolute Gasteiger partial charge is 0.133 e. The van der Waals surface area contributed by atoms with Crippen LogP contribution in [0.5, 0.6) is 11.5 Å². The number of phenolic OH excluding ortho intramolecular Hbond substituents is 1. The largest absolute Gasteiger partial charge is 0.508 e. The van der Waals surface area contributed by atoms with Gasteiger partial charge in [-0.3, -0.25) is 4.68 Å². The van der Waals surface area contributed by atoms with Gasteiger partial charge in [0, 0.05) is 17.5 Å². The molecule has 1 heterocycles. The maximum Gasteiger partial charge on any atom is 0.133 e. The first-order valence-electron chi connectivity index (χ1n) is 7.06. The molecule has 2 aromatic carbocycles. The van der Waals surface area contributed by atoms with Crippen molar-refractivity contribution in [3.63, 3.8) is 0 Å². The van der Waals surface area contributed by atoms with E-state index in [9.17, 15) is 5.11 Å². The SMILES string of the molecule is CCn1nc(COc2cccc(O)c2C)c2ccccc21. The molecule has 0 unspecified atom stereocenters. The molecule has 0 atom stereocenters. The molecule has 0 bridgehead atoms. The number of hydrogen-bond acceptors (Lipinski definition) is 3. The van der Waals surface area contributed by atoms with Crippen LogP contribution in [0.2, 0.25) is 0 Å². The maximum absolute atomic E-state index is 9.71. The van der Waals surface area contributed by atoms with Gasteiger partial charge in [-0.2, -0.15) is 5.10 Å². The zero-order chi connectivity index (χ0) is 14.8. The molecule has 3 aromatic rings. The predicted octanol–water partition coefficient (Wildman–Crippen LogP) is 3.65. The maximum atomic E-state index is 9.71. The Morgan fingerprint density at radius 2 is 1.95 bits per heavy atom. The molecule has 0 spiro atoms. The molecule has 108 valence electrons. The van der Waals surface area contributed by atoms with Crippen LogP contribution in [-0.4, -0.2) is 14.9 Å². The average Bonchev–Trinajstić information content (AvgIpc) is 2.87. The van der Waals surface area contributed by atoms with Crippen LogP contribution in [-0.2, 0) is 13.2 Å². The summed E-state index contributed by atoms with van der Waals surface area (Å²) in [4.78, 5) is 0. The van der Waals surface area contributed by atoms with Gasteiger partial charge in [0.1, 0.15) is 23.8 Å². The van der Waals surface area contributed by atoms with Crippen molar-refractivity contribution >= 4 is 10.9 Å². The fourth-order valence-electron chi connectivity index (χ4n) is 2.45. The molecule has 0 aliphatic carbocycles. The highest BCUT2D eigenvalue weighted by atomic mass is 16.5. The fourth-order valence-corrected chi connectivity index (χ4v) is 2.45. The van der Waals surface area contributed by atoms with Gasteiger partial charge in [0.15, 0.2) is 0 Å². The van der Waals surface area contributed by atoms with E-state index < -0.39 is 0 Å². The number of aryl methyl sites for hydroxylation is 1. The van der Waals surface area contributed by atoms with Gasteiger partial charge in [-0.1, -0.05) is 24.3 Å². The van der Waals surface area contributed by atoms with E-state index in [1.165, 1.54) is 0 Å². The topological polar surface area (TPSA) is 47.3 Å². The molecule has 0 aliphatic rings. The molecule has 0 aliphatic heterocycles. The van der Waals surface area contributed by atoms with Crippen molar-refractivity contribution < 1.29 is 9.84 Å². The Kier molecular flexibility index (Phi) is 3.52. The van der Waals surface area contributed by atoms with Crippen LogP contribution in [0.1, 0.15) is 18.2 Å². The number of hydrogen-bond donors (Lipinski definition) is 1. The lowest BCUT2D eigenvalue weighted by Crippen LogP contribution is -2.01. The van der Waals surface area contributed by atoms with E-state index in [0.29, 0.717) is 12.4 Å². The quantitative estimate of drug-likeness (QED) is 0.794. The molecule has 1 N–H and O–H groups in total. The Balaban J connectivity index is 1.90. The standard InChI is InChI=1S/C17H18N2O2/c1-3-19-15-8-5-4-7-13(15)14(18-19)11-21-17-10-6-9-16(20)12(17)2/h4-10,20H,3,11H2,1-2H3. The summed E-state index contributed by atoms with van der Waals surface area (Å²) in [6, 6.07) is 13.4. The zero-order valence-electron chi connectivity index (χ0n) is 12.2. The Morgan fingerprint density at radius 3 is 2.76 bits per heavy atom. The monoisotopic (exact) mass is 282 g/mol. The van der Waals surface area contributed by atoms with Crippen LogP contribution in [0.4, 0.5) is 0 Å². The molecular weight excluding hydrogens is 264 g/mol. The first-order chi connectivity index (χ1) is 10.2. The summed E-state index contributed by atoms with van der Waals surface area (Å²) in [6.45, 7) is 5.13. The normalized spacial score (nSPS) is 11.0. The average molecular weight is 282 g/mol. The van der Waals surface area contributed by atoms with Crippen LogP contribution in [0, 0.1) is 6.92 Å². The minimum Gasteiger partial charge on any atom is -0.508 e. The molecule has 0 saturated heterocycles. The first kappa shape index (κ1) is 13.5. The van der Waals surface area contributed by atoms with Gasteiger partial charge >= 0.3 is 0 Å². The lowest BCUT2D eigenvalue weighted by atomic mass is 10.2. The number of fused-ring (bicyclic) bond motifs is 1. The van der Waals surface area contributed by atoms with Crippen LogP contribution in [0.3, 0.4) is 0 Å². The summed E-state index contributed by atoms with van der Waals surface area (Å²) in [7, 11) is 0. The number of ether oxygens (including phenoxy) is 1. The second-order valence-corrected chi connectivity index (χ2v) is 4.97. The highest BCUT2D eigenvalue weighted by Gasteiger charge is 2.11. The number of aromatic nitrogens is 2. The van der Waals surface area contributed by atoms with E-state index in [1.54, 1.807) is 12.1 Å². The predicted molar refractivity (Wildman–Crippen MR) is 82.6 cm³/mol.